The lowest BCUT2D eigenvalue weighted by molar-refractivity contribution is -0.380. The van der Waals surface area contributed by atoms with E-state index in [1.54, 1.807) is 23.1 Å². The SMILES string of the molecule is O=[N+]([O-])c1cnc(N=Nc2ccc(N(CCO)CCO)cc2Cl)s1. The molecule has 2 aromatic rings. The fourth-order valence-electron chi connectivity index (χ4n) is 1.87. The third kappa shape index (κ3) is 4.68. The van der Waals surface area contributed by atoms with Crippen molar-refractivity contribution in [3.8, 4) is 0 Å². The number of aliphatic hydroxyl groups excluding tert-OH is 2. The fraction of sp³-hybridized carbons (Fsp3) is 0.308. The molecule has 0 saturated carbocycles. The molecule has 9 nitrogen and oxygen atoms in total. The van der Waals surface area contributed by atoms with Crippen molar-refractivity contribution in [1.29, 1.82) is 0 Å². The monoisotopic (exact) mass is 371 g/mol. The third-order valence-corrected chi connectivity index (χ3v) is 4.08. The van der Waals surface area contributed by atoms with Crippen molar-refractivity contribution in [2.24, 2.45) is 10.2 Å². The molecule has 2 rings (SSSR count). The molecule has 0 atom stereocenters. The molecular formula is C13H14ClN5O4S. The maximum Gasteiger partial charge on any atom is 0.345 e. The van der Waals surface area contributed by atoms with Gasteiger partial charge in [-0.05, 0) is 29.5 Å². The Hall–Kier alpha value is -2.14. The number of hydrogen-bond acceptors (Lipinski definition) is 9. The van der Waals surface area contributed by atoms with Crippen molar-refractivity contribution in [1.82, 2.24) is 4.98 Å². The second kappa shape index (κ2) is 8.64. The van der Waals surface area contributed by atoms with Gasteiger partial charge >= 0.3 is 5.00 Å². The number of nitro groups is 1. The highest BCUT2D eigenvalue weighted by atomic mass is 35.5. The first-order chi connectivity index (χ1) is 11.5. The molecule has 0 unspecified atom stereocenters. The molecule has 0 bridgehead atoms. The number of thiazole rings is 1. The predicted molar refractivity (Wildman–Crippen MR) is 90.8 cm³/mol. The second-order valence-corrected chi connectivity index (χ2v) is 5.90. The zero-order valence-corrected chi connectivity index (χ0v) is 13.9. The van der Waals surface area contributed by atoms with E-state index in [2.05, 4.69) is 15.2 Å². The van der Waals surface area contributed by atoms with Gasteiger partial charge in [0.15, 0.2) is 0 Å². The number of anilines is 1. The van der Waals surface area contributed by atoms with Crippen LogP contribution in [0.2, 0.25) is 5.02 Å². The summed E-state index contributed by atoms with van der Waals surface area (Å²) in [5, 5.41) is 36.8. The Balaban J connectivity index is 2.16. The van der Waals surface area contributed by atoms with Crippen molar-refractivity contribution in [2.45, 2.75) is 0 Å². The lowest BCUT2D eigenvalue weighted by Gasteiger charge is -2.23. The van der Waals surface area contributed by atoms with Crippen LogP contribution in [0.15, 0.2) is 34.6 Å². The lowest BCUT2D eigenvalue weighted by atomic mass is 10.2. The van der Waals surface area contributed by atoms with Crippen LogP contribution in [0.4, 0.5) is 21.5 Å². The second-order valence-electron chi connectivity index (χ2n) is 4.51. The fourth-order valence-corrected chi connectivity index (χ4v) is 2.64. The van der Waals surface area contributed by atoms with Gasteiger partial charge < -0.3 is 15.1 Å². The number of halogens is 1. The molecule has 0 aliphatic heterocycles. The Kier molecular flexibility index (Phi) is 6.55. The van der Waals surface area contributed by atoms with E-state index < -0.39 is 4.92 Å². The standard InChI is InChI=1S/C13H14ClN5O4S/c14-10-7-9(18(3-5-20)4-6-21)1-2-11(10)16-17-13-15-8-12(24-13)19(22)23/h1-2,7-8,20-21H,3-6H2. The minimum Gasteiger partial charge on any atom is -0.395 e. The maximum absolute atomic E-state index is 10.6. The molecule has 0 spiro atoms. The summed E-state index contributed by atoms with van der Waals surface area (Å²) >= 11 is 6.97. The Bertz CT molecular complexity index is 733. The van der Waals surface area contributed by atoms with Crippen LogP contribution < -0.4 is 4.90 Å². The van der Waals surface area contributed by atoms with Crippen LogP contribution in [-0.4, -0.2) is 46.4 Å². The van der Waals surface area contributed by atoms with Crippen LogP contribution in [0.1, 0.15) is 0 Å². The average molecular weight is 372 g/mol. The predicted octanol–water partition coefficient (Wildman–Crippen LogP) is 2.91. The highest BCUT2D eigenvalue weighted by Crippen LogP contribution is 2.33. The van der Waals surface area contributed by atoms with Gasteiger partial charge in [0.2, 0.25) is 5.13 Å². The summed E-state index contributed by atoms with van der Waals surface area (Å²) in [5.41, 5.74) is 1.11. The molecule has 0 saturated heterocycles. The zero-order chi connectivity index (χ0) is 17.5. The van der Waals surface area contributed by atoms with Gasteiger partial charge in [-0.25, -0.2) is 4.98 Å². The van der Waals surface area contributed by atoms with E-state index in [1.165, 1.54) is 0 Å². The van der Waals surface area contributed by atoms with Crippen molar-refractivity contribution in [3.05, 3.63) is 39.5 Å². The van der Waals surface area contributed by atoms with Gasteiger partial charge in [-0.1, -0.05) is 11.6 Å². The molecule has 1 aromatic carbocycles. The van der Waals surface area contributed by atoms with Gasteiger partial charge in [-0.15, -0.1) is 10.2 Å². The van der Waals surface area contributed by atoms with Gasteiger partial charge in [0.1, 0.15) is 11.9 Å². The number of azo groups is 1. The molecule has 11 heteroatoms. The average Bonchev–Trinajstić information content (AvgIpc) is 3.03. The van der Waals surface area contributed by atoms with Gasteiger partial charge in [0.25, 0.3) is 0 Å². The van der Waals surface area contributed by atoms with E-state index in [0.717, 1.165) is 23.2 Å². The van der Waals surface area contributed by atoms with Crippen LogP contribution in [0, 0.1) is 10.1 Å². The molecule has 0 fully saturated rings. The highest BCUT2D eigenvalue weighted by Gasteiger charge is 2.12. The Morgan fingerprint density at radius 2 is 2.00 bits per heavy atom. The summed E-state index contributed by atoms with van der Waals surface area (Å²) in [7, 11) is 0. The first-order valence-electron chi connectivity index (χ1n) is 6.83. The summed E-state index contributed by atoms with van der Waals surface area (Å²) in [5.74, 6) is 0. The molecule has 1 aromatic heterocycles. The van der Waals surface area contributed by atoms with Gasteiger partial charge in [0, 0.05) is 18.8 Å². The Labute approximate surface area is 146 Å². The van der Waals surface area contributed by atoms with Crippen LogP contribution in [-0.2, 0) is 0 Å². The van der Waals surface area contributed by atoms with E-state index in [1.807, 2.05) is 0 Å². The first-order valence-corrected chi connectivity index (χ1v) is 8.02. The summed E-state index contributed by atoms with van der Waals surface area (Å²) in [6, 6.07) is 5.01. The lowest BCUT2D eigenvalue weighted by Crippen LogP contribution is -2.29. The largest absolute Gasteiger partial charge is 0.395 e. The smallest absolute Gasteiger partial charge is 0.345 e. The van der Waals surface area contributed by atoms with Gasteiger partial charge in [0.05, 0.1) is 23.2 Å². The van der Waals surface area contributed by atoms with Crippen molar-refractivity contribution in [2.75, 3.05) is 31.2 Å². The zero-order valence-electron chi connectivity index (χ0n) is 12.4. The van der Waals surface area contributed by atoms with Crippen LogP contribution in [0.5, 0.6) is 0 Å². The molecule has 24 heavy (non-hydrogen) atoms. The van der Waals surface area contributed by atoms with Crippen molar-refractivity contribution < 1.29 is 15.1 Å². The summed E-state index contributed by atoms with van der Waals surface area (Å²) in [6.45, 7) is 0.616. The minimum atomic E-state index is -0.546. The van der Waals surface area contributed by atoms with Crippen molar-refractivity contribution >= 4 is 44.4 Å². The quantitative estimate of drug-likeness (QED) is 0.417. The summed E-state index contributed by atoms with van der Waals surface area (Å²) < 4.78 is 0. The van der Waals surface area contributed by atoms with Crippen LogP contribution >= 0.6 is 22.9 Å². The number of benzene rings is 1. The molecule has 0 radical (unpaired) electrons. The van der Waals surface area contributed by atoms with Gasteiger partial charge in [-0.3, -0.25) is 10.1 Å². The minimum absolute atomic E-state index is 0.0537. The van der Waals surface area contributed by atoms with E-state index in [4.69, 9.17) is 21.8 Å². The van der Waals surface area contributed by atoms with Crippen LogP contribution in [0.3, 0.4) is 0 Å². The number of aromatic nitrogens is 1. The molecule has 0 aliphatic carbocycles. The van der Waals surface area contributed by atoms with Crippen LogP contribution in [0.25, 0.3) is 0 Å². The number of nitrogens with zero attached hydrogens (tertiary/aromatic N) is 5. The van der Waals surface area contributed by atoms with Gasteiger partial charge in [-0.2, -0.15) is 0 Å². The topological polar surface area (TPSA) is 124 Å². The number of hydrogen-bond donors (Lipinski definition) is 2. The highest BCUT2D eigenvalue weighted by molar-refractivity contribution is 7.18. The number of rotatable bonds is 8. The Morgan fingerprint density at radius 3 is 2.54 bits per heavy atom. The molecular weight excluding hydrogens is 358 g/mol. The molecule has 0 aliphatic rings. The van der Waals surface area contributed by atoms with E-state index in [-0.39, 0.29) is 23.3 Å². The van der Waals surface area contributed by atoms with Crippen molar-refractivity contribution in [3.63, 3.8) is 0 Å². The van der Waals surface area contributed by atoms with E-state index >= 15 is 0 Å². The summed E-state index contributed by atoms with van der Waals surface area (Å²) in [4.78, 5) is 15.6. The number of aliphatic hydroxyl groups is 2. The summed E-state index contributed by atoms with van der Waals surface area (Å²) in [6.07, 6.45) is 1.12. The third-order valence-electron chi connectivity index (χ3n) is 2.94. The van der Waals surface area contributed by atoms with E-state index in [9.17, 15) is 10.1 Å². The normalized spacial score (nSPS) is 11.1. The first kappa shape index (κ1) is 18.2. The molecule has 128 valence electrons. The molecule has 0 amide bonds. The molecule has 2 N–H and O–H groups in total. The molecule has 1 heterocycles. The maximum atomic E-state index is 10.6. The Morgan fingerprint density at radius 1 is 1.29 bits per heavy atom. The van der Waals surface area contributed by atoms with E-state index in [0.29, 0.717) is 23.8 Å².